The molecule has 1 aromatic carbocycles. The summed E-state index contributed by atoms with van der Waals surface area (Å²) in [6, 6.07) is 5.38. The molecule has 1 aromatic rings. The highest BCUT2D eigenvalue weighted by Crippen LogP contribution is 2.26. The highest BCUT2D eigenvalue weighted by atomic mass is 35.5. The Morgan fingerprint density at radius 3 is 2.40 bits per heavy atom. The number of hydrogen-bond acceptors (Lipinski definition) is 4. The van der Waals surface area contributed by atoms with E-state index >= 15 is 0 Å². The molecule has 2 N–H and O–H groups in total. The molecule has 142 valence electrons. The Morgan fingerprint density at radius 2 is 1.84 bits per heavy atom. The van der Waals surface area contributed by atoms with Gasteiger partial charge in [-0.25, -0.2) is 8.42 Å². The largest absolute Gasteiger partial charge is 0.355 e. The number of sulfonamides is 1. The lowest BCUT2D eigenvalue weighted by Gasteiger charge is -2.31. The van der Waals surface area contributed by atoms with Gasteiger partial charge in [-0.3, -0.25) is 4.79 Å². The number of nitrogens with one attached hydrogen (secondary N) is 2. The molecule has 0 spiro atoms. The second-order valence-electron chi connectivity index (χ2n) is 6.34. The zero-order valence-electron chi connectivity index (χ0n) is 15.0. The van der Waals surface area contributed by atoms with Crippen LogP contribution in [-0.4, -0.2) is 51.9 Å². The van der Waals surface area contributed by atoms with E-state index in [1.54, 1.807) is 6.07 Å². The van der Waals surface area contributed by atoms with E-state index in [2.05, 4.69) is 10.6 Å². The maximum absolute atomic E-state index is 12.8. The van der Waals surface area contributed by atoms with E-state index in [0.29, 0.717) is 37.4 Å². The monoisotopic (exact) mass is 389 g/mol. The zero-order chi connectivity index (χ0) is 17.7. The van der Waals surface area contributed by atoms with Crippen LogP contribution in [0.5, 0.6) is 0 Å². The summed E-state index contributed by atoms with van der Waals surface area (Å²) < 4.78 is 27.1. The highest BCUT2D eigenvalue weighted by molar-refractivity contribution is 7.89. The first-order valence-electron chi connectivity index (χ1n) is 8.36. The van der Waals surface area contributed by atoms with Crippen molar-refractivity contribution in [2.45, 2.75) is 31.6 Å². The van der Waals surface area contributed by atoms with Gasteiger partial charge in [0.25, 0.3) is 0 Å². The van der Waals surface area contributed by atoms with Crippen LogP contribution >= 0.6 is 12.4 Å². The average molecular weight is 390 g/mol. The lowest BCUT2D eigenvalue weighted by Crippen LogP contribution is -2.44. The van der Waals surface area contributed by atoms with Crippen molar-refractivity contribution in [3.05, 3.63) is 29.3 Å². The molecule has 1 aliphatic heterocycles. The third-order valence-corrected chi connectivity index (χ3v) is 6.51. The van der Waals surface area contributed by atoms with Crippen molar-refractivity contribution in [3.63, 3.8) is 0 Å². The smallest absolute Gasteiger partial charge is 0.243 e. The summed E-state index contributed by atoms with van der Waals surface area (Å²) in [6.07, 6.45) is 1.13. The van der Waals surface area contributed by atoms with E-state index in [1.165, 1.54) is 4.31 Å². The molecule has 0 unspecified atom stereocenters. The van der Waals surface area contributed by atoms with Gasteiger partial charge in [-0.2, -0.15) is 4.31 Å². The maximum atomic E-state index is 12.8. The van der Waals surface area contributed by atoms with E-state index in [1.807, 2.05) is 33.0 Å². The van der Waals surface area contributed by atoms with E-state index in [0.717, 1.165) is 17.7 Å². The van der Waals surface area contributed by atoms with Crippen molar-refractivity contribution in [2.24, 2.45) is 5.92 Å². The fourth-order valence-corrected chi connectivity index (χ4v) is 4.72. The maximum Gasteiger partial charge on any atom is 0.243 e. The second-order valence-corrected chi connectivity index (χ2v) is 8.25. The summed E-state index contributed by atoms with van der Waals surface area (Å²) in [6.45, 7) is 5.87. The standard InChI is InChI=1S/C17H27N3O3S.ClH/c1-13-4-5-16(14(2)12-13)24(22,23)20-10-6-15(7-11-20)17(21)19-9-8-18-3;/h4-5,12,15,18H,6-11H2,1-3H3,(H,19,21);1H. The van der Waals surface area contributed by atoms with Crippen LogP contribution in [-0.2, 0) is 14.8 Å². The SMILES string of the molecule is CNCCNC(=O)C1CCN(S(=O)(=O)c2ccc(C)cc2C)CC1.Cl. The number of likely N-dealkylation sites (N-methyl/N-ethyl adjacent to an activating group) is 1. The predicted molar refractivity (Wildman–Crippen MR) is 102 cm³/mol. The Hall–Kier alpha value is -1.15. The van der Waals surface area contributed by atoms with Gasteiger partial charge in [0, 0.05) is 32.1 Å². The van der Waals surface area contributed by atoms with E-state index in [9.17, 15) is 13.2 Å². The van der Waals surface area contributed by atoms with Crippen molar-refractivity contribution in [3.8, 4) is 0 Å². The van der Waals surface area contributed by atoms with Gasteiger partial charge in [0.15, 0.2) is 0 Å². The molecule has 2 rings (SSSR count). The lowest BCUT2D eigenvalue weighted by atomic mass is 9.97. The number of rotatable bonds is 6. The van der Waals surface area contributed by atoms with Gasteiger partial charge in [-0.1, -0.05) is 17.7 Å². The molecule has 0 bridgehead atoms. The average Bonchev–Trinajstić information content (AvgIpc) is 2.54. The number of amides is 1. The zero-order valence-corrected chi connectivity index (χ0v) is 16.7. The third-order valence-electron chi connectivity index (χ3n) is 4.45. The summed E-state index contributed by atoms with van der Waals surface area (Å²) in [5.74, 6) is -0.0822. The minimum atomic E-state index is -3.49. The van der Waals surface area contributed by atoms with Crippen molar-refractivity contribution < 1.29 is 13.2 Å². The van der Waals surface area contributed by atoms with Crippen molar-refractivity contribution in [1.82, 2.24) is 14.9 Å². The Labute approximate surface area is 156 Å². The van der Waals surface area contributed by atoms with E-state index < -0.39 is 10.0 Å². The number of nitrogens with zero attached hydrogens (tertiary/aromatic N) is 1. The quantitative estimate of drug-likeness (QED) is 0.722. The molecule has 0 saturated carbocycles. The molecule has 0 aliphatic carbocycles. The van der Waals surface area contributed by atoms with Crippen LogP contribution in [0.2, 0.25) is 0 Å². The summed E-state index contributed by atoms with van der Waals surface area (Å²) in [5, 5.41) is 5.86. The molecule has 1 fully saturated rings. The van der Waals surface area contributed by atoms with Crippen molar-refractivity contribution >= 4 is 28.3 Å². The molecule has 1 heterocycles. The van der Waals surface area contributed by atoms with E-state index in [-0.39, 0.29) is 24.2 Å². The van der Waals surface area contributed by atoms with Gasteiger partial charge >= 0.3 is 0 Å². The molecule has 8 heteroatoms. The summed E-state index contributed by atoms with van der Waals surface area (Å²) in [7, 11) is -1.65. The van der Waals surface area contributed by atoms with Gasteiger partial charge in [0.05, 0.1) is 4.90 Å². The van der Waals surface area contributed by atoms with Gasteiger partial charge in [-0.05, 0) is 45.4 Å². The van der Waals surface area contributed by atoms with Crippen LogP contribution in [0.3, 0.4) is 0 Å². The topological polar surface area (TPSA) is 78.5 Å². The van der Waals surface area contributed by atoms with Crippen LogP contribution in [0.15, 0.2) is 23.1 Å². The number of benzene rings is 1. The molecule has 0 aromatic heterocycles. The fourth-order valence-electron chi connectivity index (χ4n) is 3.04. The Balaban J connectivity index is 0.00000312. The highest BCUT2D eigenvalue weighted by Gasteiger charge is 2.32. The van der Waals surface area contributed by atoms with Gasteiger partial charge < -0.3 is 10.6 Å². The first-order valence-corrected chi connectivity index (χ1v) is 9.80. The summed E-state index contributed by atoms with van der Waals surface area (Å²) >= 11 is 0. The van der Waals surface area contributed by atoms with Crippen LogP contribution in [0.4, 0.5) is 0 Å². The van der Waals surface area contributed by atoms with Gasteiger partial charge in [-0.15, -0.1) is 12.4 Å². The fraction of sp³-hybridized carbons (Fsp3) is 0.588. The van der Waals surface area contributed by atoms with E-state index in [4.69, 9.17) is 0 Å². The van der Waals surface area contributed by atoms with Crippen molar-refractivity contribution in [1.29, 1.82) is 0 Å². The molecule has 1 saturated heterocycles. The minimum Gasteiger partial charge on any atom is -0.355 e. The first-order chi connectivity index (χ1) is 11.4. The predicted octanol–water partition coefficient (Wildman–Crippen LogP) is 1.46. The summed E-state index contributed by atoms with van der Waals surface area (Å²) in [5.41, 5.74) is 1.81. The lowest BCUT2D eigenvalue weighted by molar-refractivity contribution is -0.126. The van der Waals surface area contributed by atoms with Crippen LogP contribution in [0.1, 0.15) is 24.0 Å². The molecule has 1 aliphatic rings. The molecular weight excluding hydrogens is 362 g/mol. The minimum absolute atomic E-state index is 0. The summed E-state index contributed by atoms with van der Waals surface area (Å²) in [4.78, 5) is 12.4. The first kappa shape index (κ1) is 21.9. The number of halogens is 1. The number of aryl methyl sites for hydroxylation is 2. The molecule has 0 radical (unpaired) electrons. The Morgan fingerprint density at radius 1 is 1.20 bits per heavy atom. The molecule has 25 heavy (non-hydrogen) atoms. The van der Waals surface area contributed by atoms with Crippen LogP contribution < -0.4 is 10.6 Å². The van der Waals surface area contributed by atoms with Crippen LogP contribution in [0, 0.1) is 19.8 Å². The molecule has 6 nitrogen and oxygen atoms in total. The number of carbonyl (C=O) groups excluding carboxylic acids is 1. The molecule has 1 amide bonds. The number of piperidine rings is 1. The van der Waals surface area contributed by atoms with Gasteiger partial charge in [0.1, 0.15) is 0 Å². The normalized spacial score (nSPS) is 16.3. The number of carbonyl (C=O) groups is 1. The third kappa shape index (κ3) is 5.41. The molecule has 0 atom stereocenters. The van der Waals surface area contributed by atoms with Crippen molar-refractivity contribution in [2.75, 3.05) is 33.2 Å². The van der Waals surface area contributed by atoms with Crippen LogP contribution in [0.25, 0.3) is 0 Å². The second kappa shape index (κ2) is 9.52. The Bertz CT molecular complexity index is 686. The van der Waals surface area contributed by atoms with Gasteiger partial charge in [0.2, 0.25) is 15.9 Å². The Kier molecular flexibility index (Phi) is 8.34. The molecular formula is C17H28ClN3O3S. The number of hydrogen-bond donors (Lipinski definition) is 2.